The number of ketones is 1. The lowest BCUT2D eigenvalue weighted by molar-refractivity contribution is 0.107. The van der Waals surface area contributed by atoms with Gasteiger partial charge in [-0.2, -0.15) is 0 Å². The minimum absolute atomic E-state index is 0.0412. The van der Waals surface area contributed by atoms with Crippen LogP contribution in [0.15, 0.2) is 35.3 Å². The Morgan fingerprint density at radius 1 is 1.21 bits per heavy atom. The maximum Gasteiger partial charge on any atom is 0.203 e. The van der Waals surface area contributed by atoms with Crippen molar-refractivity contribution in [1.82, 2.24) is 0 Å². The first-order chi connectivity index (χ1) is 6.49. The molecule has 0 saturated heterocycles. The first-order valence-electron chi connectivity index (χ1n) is 4.64. The lowest BCUT2D eigenvalue weighted by Gasteiger charge is -2.10. The van der Waals surface area contributed by atoms with Crippen LogP contribution >= 0.6 is 0 Å². The molecule has 14 heavy (non-hydrogen) atoms. The highest BCUT2D eigenvalue weighted by molar-refractivity contribution is 6.35. The van der Waals surface area contributed by atoms with Crippen molar-refractivity contribution in [2.24, 2.45) is 4.99 Å². The zero-order chi connectivity index (χ0) is 10.6. The van der Waals surface area contributed by atoms with Gasteiger partial charge in [-0.3, -0.25) is 9.79 Å². The Labute approximate surface area is 84.7 Å². The van der Waals surface area contributed by atoms with E-state index in [1.807, 2.05) is 39.0 Å². The SMILES string of the molecule is CC(C)(C)N=CC(=O)c1ccccc1. The Morgan fingerprint density at radius 3 is 2.29 bits per heavy atom. The second kappa shape index (κ2) is 4.18. The zero-order valence-corrected chi connectivity index (χ0v) is 8.82. The fraction of sp³-hybridized carbons (Fsp3) is 0.333. The number of rotatable bonds is 2. The van der Waals surface area contributed by atoms with E-state index in [2.05, 4.69) is 4.99 Å². The number of benzene rings is 1. The van der Waals surface area contributed by atoms with Gasteiger partial charge in [0.05, 0.1) is 11.8 Å². The topological polar surface area (TPSA) is 29.4 Å². The molecule has 2 nitrogen and oxygen atoms in total. The Balaban J connectivity index is 2.74. The van der Waals surface area contributed by atoms with Gasteiger partial charge in [-0.05, 0) is 20.8 Å². The summed E-state index contributed by atoms with van der Waals surface area (Å²) in [6.07, 6.45) is 1.40. The van der Waals surface area contributed by atoms with Crippen molar-refractivity contribution in [3.63, 3.8) is 0 Å². The standard InChI is InChI=1S/C12H15NO/c1-12(2,3)13-9-11(14)10-7-5-4-6-8-10/h4-9H,1-3H3. The molecule has 0 heterocycles. The van der Waals surface area contributed by atoms with Crippen LogP contribution in [0.5, 0.6) is 0 Å². The lowest BCUT2D eigenvalue weighted by Crippen LogP contribution is -2.12. The second-order valence-corrected chi connectivity index (χ2v) is 4.16. The number of nitrogens with zero attached hydrogens (tertiary/aromatic N) is 1. The van der Waals surface area contributed by atoms with Gasteiger partial charge in [0.25, 0.3) is 0 Å². The Morgan fingerprint density at radius 2 is 1.79 bits per heavy atom. The largest absolute Gasteiger partial charge is 0.288 e. The van der Waals surface area contributed by atoms with Gasteiger partial charge in [0.1, 0.15) is 0 Å². The van der Waals surface area contributed by atoms with E-state index in [0.717, 1.165) is 0 Å². The second-order valence-electron chi connectivity index (χ2n) is 4.16. The molecular formula is C12H15NO. The molecule has 0 radical (unpaired) electrons. The highest BCUT2D eigenvalue weighted by atomic mass is 16.1. The summed E-state index contributed by atoms with van der Waals surface area (Å²) < 4.78 is 0. The van der Waals surface area contributed by atoms with Crippen LogP contribution in [0, 0.1) is 0 Å². The van der Waals surface area contributed by atoms with Gasteiger partial charge in [-0.15, -0.1) is 0 Å². The van der Waals surface area contributed by atoms with Crippen LogP contribution < -0.4 is 0 Å². The third kappa shape index (κ3) is 3.52. The minimum Gasteiger partial charge on any atom is -0.288 e. The highest BCUT2D eigenvalue weighted by Crippen LogP contribution is 2.06. The fourth-order valence-corrected chi connectivity index (χ4v) is 0.929. The van der Waals surface area contributed by atoms with Gasteiger partial charge in [0.2, 0.25) is 5.78 Å². The first kappa shape index (κ1) is 10.6. The molecule has 1 rings (SSSR count). The van der Waals surface area contributed by atoms with Crippen LogP contribution in [0.1, 0.15) is 31.1 Å². The molecule has 0 aliphatic carbocycles. The summed E-state index contributed by atoms with van der Waals surface area (Å²) in [5.41, 5.74) is 0.491. The van der Waals surface area contributed by atoms with Crippen molar-refractivity contribution in [2.45, 2.75) is 26.3 Å². The molecule has 74 valence electrons. The summed E-state index contributed by atoms with van der Waals surface area (Å²) in [6.45, 7) is 5.88. The minimum atomic E-state index is -0.190. The monoisotopic (exact) mass is 189 g/mol. The van der Waals surface area contributed by atoms with Gasteiger partial charge in [0.15, 0.2) is 0 Å². The van der Waals surface area contributed by atoms with Crippen LogP contribution in [0.25, 0.3) is 0 Å². The molecule has 1 aromatic carbocycles. The number of hydrogen-bond acceptors (Lipinski definition) is 2. The van der Waals surface area contributed by atoms with Crippen molar-refractivity contribution in [2.75, 3.05) is 0 Å². The summed E-state index contributed by atoms with van der Waals surface area (Å²) in [5, 5.41) is 0. The zero-order valence-electron chi connectivity index (χ0n) is 8.82. The van der Waals surface area contributed by atoms with Crippen molar-refractivity contribution in [3.8, 4) is 0 Å². The van der Waals surface area contributed by atoms with Crippen LogP contribution in [0.2, 0.25) is 0 Å². The van der Waals surface area contributed by atoms with Gasteiger partial charge < -0.3 is 0 Å². The van der Waals surface area contributed by atoms with E-state index in [1.54, 1.807) is 12.1 Å². The average molecular weight is 189 g/mol. The molecule has 0 fully saturated rings. The van der Waals surface area contributed by atoms with Crippen molar-refractivity contribution >= 4 is 12.0 Å². The summed E-state index contributed by atoms with van der Waals surface area (Å²) in [4.78, 5) is 15.7. The summed E-state index contributed by atoms with van der Waals surface area (Å²) in [5.74, 6) is -0.0412. The van der Waals surface area contributed by atoms with Gasteiger partial charge in [0, 0.05) is 5.56 Å². The third-order valence-corrected chi connectivity index (χ3v) is 1.63. The molecule has 0 unspecified atom stereocenters. The van der Waals surface area contributed by atoms with E-state index in [4.69, 9.17) is 0 Å². The smallest absolute Gasteiger partial charge is 0.203 e. The summed E-state index contributed by atoms with van der Waals surface area (Å²) in [7, 11) is 0. The van der Waals surface area contributed by atoms with Crippen molar-refractivity contribution < 1.29 is 4.79 Å². The molecule has 0 aliphatic rings. The molecule has 0 amide bonds. The van der Waals surface area contributed by atoms with Crippen LogP contribution in [-0.2, 0) is 0 Å². The Kier molecular flexibility index (Phi) is 3.18. The summed E-state index contributed by atoms with van der Waals surface area (Å²) >= 11 is 0. The number of Topliss-reactive ketones (excluding diaryl/α,β-unsaturated/α-hetero) is 1. The third-order valence-electron chi connectivity index (χ3n) is 1.63. The molecule has 2 heteroatoms. The predicted molar refractivity (Wildman–Crippen MR) is 59.0 cm³/mol. The van der Waals surface area contributed by atoms with Gasteiger partial charge in [-0.25, -0.2) is 0 Å². The van der Waals surface area contributed by atoms with Crippen LogP contribution in [-0.4, -0.2) is 17.5 Å². The van der Waals surface area contributed by atoms with Crippen LogP contribution in [0.3, 0.4) is 0 Å². The van der Waals surface area contributed by atoms with E-state index in [9.17, 15) is 4.79 Å². The molecule has 0 atom stereocenters. The molecule has 0 bridgehead atoms. The van der Waals surface area contributed by atoms with E-state index < -0.39 is 0 Å². The molecule has 0 aromatic heterocycles. The van der Waals surface area contributed by atoms with Crippen molar-refractivity contribution in [1.29, 1.82) is 0 Å². The van der Waals surface area contributed by atoms with Gasteiger partial charge >= 0.3 is 0 Å². The lowest BCUT2D eigenvalue weighted by atomic mass is 10.1. The quantitative estimate of drug-likeness (QED) is 0.519. The number of carbonyl (C=O) groups excluding carboxylic acids is 1. The maximum atomic E-state index is 11.5. The first-order valence-corrected chi connectivity index (χ1v) is 4.64. The molecule has 1 aromatic rings. The van der Waals surface area contributed by atoms with Crippen LogP contribution in [0.4, 0.5) is 0 Å². The number of aliphatic imine (C=N–C) groups is 1. The van der Waals surface area contributed by atoms with Gasteiger partial charge in [-0.1, -0.05) is 30.3 Å². The molecule has 0 aliphatic heterocycles. The normalized spacial score (nSPS) is 11.9. The maximum absolute atomic E-state index is 11.5. The Bertz CT molecular complexity index is 333. The summed E-state index contributed by atoms with van der Waals surface area (Å²) in [6, 6.07) is 9.15. The average Bonchev–Trinajstić information content (AvgIpc) is 2.14. The number of hydrogen-bond donors (Lipinski definition) is 0. The van der Waals surface area contributed by atoms with Crippen molar-refractivity contribution in [3.05, 3.63) is 35.9 Å². The molecule has 0 saturated carbocycles. The Hall–Kier alpha value is -1.44. The van der Waals surface area contributed by atoms with E-state index in [1.165, 1.54) is 6.21 Å². The van der Waals surface area contributed by atoms with E-state index in [0.29, 0.717) is 5.56 Å². The van der Waals surface area contributed by atoms with E-state index >= 15 is 0 Å². The predicted octanol–water partition coefficient (Wildman–Crippen LogP) is 2.74. The molecule has 0 spiro atoms. The van der Waals surface area contributed by atoms with E-state index in [-0.39, 0.29) is 11.3 Å². The molecular weight excluding hydrogens is 174 g/mol. The fourth-order valence-electron chi connectivity index (χ4n) is 0.929. The molecule has 0 N–H and O–H groups in total. The highest BCUT2D eigenvalue weighted by Gasteiger charge is 2.07. The number of carbonyl (C=O) groups is 1.